The molecule has 2 aliphatic rings. The van der Waals surface area contributed by atoms with Gasteiger partial charge in [0.1, 0.15) is 11.9 Å². The third-order valence-corrected chi connectivity index (χ3v) is 6.36. The molecule has 1 atom stereocenters. The minimum atomic E-state index is -0.459. The van der Waals surface area contributed by atoms with Crippen molar-refractivity contribution in [3.8, 4) is 0 Å². The molecular weight excluding hydrogens is 407 g/mol. The highest BCUT2D eigenvalue weighted by atomic mass is 19.1. The number of piperazine rings is 1. The predicted molar refractivity (Wildman–Crippen MR) is 124 cm³/mol. The molecule has 1 saturated heterocycles. The van der Waals surface area contributed by atoms with Gasteiger partial charge in [0, 0.05) is 56.9 Å². The fourth-order valence-corrected chi connectivity index (χ4v) is 4.59. The molecule has 0 aliphatic carbocycles. The standard InChI is InChI=1S/C25H31FN4O2/c1-2-24(31)30-22-7-4-3-6-19(22)18-23(30)25(32)27-12-5-13-28-14-16-29(17-15-28)21-10-8-20(26)9-11-21/h3-4,6-11,23H,2,5,12-18H2,1H3,(H,27,32)/t23-/m1/s1. The van der Waals surface area contributed by atoms with Crippen LogP contribution in [-0.4, -0.2) is 62.0 Å². The first-order chi connectivity index (χ1) is 15.6. The van der Waals surface area contributed by atoms with Crippen LogP contribution in [0, 0.1) is 5.82 Å². The van der Waals surface area contributed by atoms with E-state index >= 15 is 0 Å². The van der Waals surface area contributed by atoms with Gasteiger partial charge in [0.15, 0.2) is 0 Å². The number of anilines is 2. The summed E-state index contributed by atoms with van der Waals surface area (Å²) in [4.78, 5) is 31.7. The molecule has 170 valence electrons. The van der Waals surface area contributed by atoms with Gasteiger partial charge in [0.25, 0.3) is 0 Å². The number of nitrogens with zero attached hydrogens (tertiary/aromatic N) is 3. The monoisotopic (exact) mass is 438 g/mol. The number of carbonyl (C=O) groups is 2. The van der Waals surface area contributed by atoms with Crippen molar-refractivity contribution >= 4 is 23.2 Å². The third kappa shape index (κ3) is 4.93. The van der Waals surface area contributed by atoms with Gasteiger partial charge in [-0.15, -0.1) is 0 Å². The van der Waals surface area contributed by atoms with Gasteiger partial charge in [-0.1, -0.05) is 25.1 Å². The van der Waals surface area contributed by atoms with E-state index in [0.717, 1.165) is 56.1 Å². The third-order valence-electron chi connectivity index (χ3n) is 6.36. The number of carbonyl (C=O) groups excluding carboxylic acids is 2. The van der Waals surface area contributed by atoms with Crippen LogP contribution in [-0.2, 0) is 16.0 Å². The summed E-state index contributed by atoms with van der Waals surface area (Å²) >= 11 is 0. The Hall–Kier alpha value is -2.93. The molecular formula is C25H31FN4O2. The van der Waals surface area contributed by atoms with E-state index in [1.807, 2.05) is 43.3 Å². The van der Waals surface area contributed by atoms with Crippen LogP contribution >= 0.6 is 0 Å². The molecule has 1 N–H and O–H groups in total. The lowest BCUT2D eigenvalue weighted by molar-refractivity contribution is -0.126. The molecule has 0 spiro atoms. The second-order valence-corrected chi connectivity index (χ2v) is 8.42. The van der Waals surface area contributed by atoms with Crippen LogP contribution in [0.3, 0.4) is 0 Å². The Bertz CT molecular complexity index is 941. The first-order valence-electron chi connectivity index (χ1n) is 11.5. The lowest BCUT2D eigenvalue weighted by Crippen LogP contribution is -2.49. The summed E-state index contributed by atoms with van der Waals surface area (Å²) in [6.07, 6.45) is 1.81. The average Bonchev–Trinajstić information content (AvgIpc) is 3.22. The fraction of sp³-hybridized carbons (Fsp3) is 0.440. The lowest BCUT2D eigenvalue weighted by Gasteiger charge is -2.36. The van der Waals surface area contributed by atoms with E-state index in [-0.39, 0.29) is 17.6 Å². The van der Waals surface area contributed by atoms with Gasteiger partial charge >= 0.3 is 0 Å². The highest BCUT2D eigenvalue weighted by molar-refractivity contribution is 6.03. The van der Waals surface area contributed by atoms with Crippen molar-refractivity contribution in [1.82, 2.24) is 10.2 Å². The van der Waals surface area contributed by atoms with Gasteiger partial charge in [-0.2, -0.15) is 0 Å². The number of fused-ring (bicyclic) bond motifs is 1. The molecule has 0 bridgehead atoms. The summed E-state index contributed by atoms with van der Waals surface area (Å²) in [6.45, 7) is 7.05. The molecule has 0 unspecified atom stereocenters. The van der Waals surface area contributed by atoms with Crippen molar-refractivity contribution < 1.29 is 14.0 Å². The van der Waals surface area contributed by atoms with Crippen molar-refractivity contribution in [2.75, 3.05) is 49.1 Å². The van der Waals surface area contributed by atoms with Gasteiger partial charge in [-0.05, 0) is 48.9 Å². The second kappa shape index (κ2) is 10.1. The minimum Gasteiger partial charge on any atom is -0.369 e. The Morgan fingerprint density at radius 3 is 2.47 bits per heavy atom. The first-order valence-corrected chi connectivity index (χ1v) is 11.5. The number of para-hydroxylation sites is 1. The van der Waals surface area contributed by atoms with Crippen molar-refractivity contribution in [3.63, 3.8) is 0 Å². The number of halogens is 1. The molecule has 0 saturated carbocycles. The molecule has 2 heterocycles. The second-order valence-electron chi connectivity index (χ2n) is 8.42. The Morgan fingerprint density at radius 2 is 1.75 bits per heavy atom. The minimum absolute atomic E-state index is 0.0193. The molecule has 0 aromatic heterocycles. The van der Waals surface area contributed by atoms with E-state index in [9.17, 15) is 14.0 Å². The zero-order valence-corrected chi connectivity index (χ0v) is 18.6. The summed E-state index contributed by atoms with van der Waals surface area (Å²) in [7, 11) is 0. The zero-order valence-electron chi connectivity index (χ0n) is 18.6. The van der Waals surface area contributed by atoms with Crippen LogP contribution in [0.1, 0.15) is 25.3 Å². The number of hydrogen-bond donors (Lipinski definition) is 1. The van der Waals surface area contributed by atoms with Crippen LogP contribution in [0.15, 0.2) is 48.5 Å². The predicted octanol–water partition coefficient (Wildman–Crippen LogP) is 2.82. The smallest absolute Gasteiger partial charge is 0.243 e. The fourth-order valence-electron chi connectivity index (χ4n) is 4.59. The van der Waals surface area contributed by atoms with E-state index < -0.39 is 6.04 Å². The number of benzene rings is 2. The van der Waals surface area contributed by atoms with Crippen molar-refractivity contribution in [1.29, 1.82) is 0 Å². The van der Waals surface area contributed by atoms with Gasteiger partial charge in [0.2, 0.25) is 11.8 Å². The maximum absolute atomic E-state index is 13.1. The first kappa shape index (κ1) is 22.3. The molecule has 6 nitrogen and oxygen atoms in total. The molecule has 2 aromatic rings. The number of nitrogens with one attached hydrogen (secondary N) is 1. The van der Waals surface area contributed by atoms with Crippen molar-refractivity contribution in [3.05, 3.63) is 59.9 Å². The van der Waals surface area contributed by atoms with Crippen molar-refractivity contribution in [2.24, 2.45) is 0 Å². The number of rotatable bonds is 7. The van der Waals surface area contributed by atoms with Crippen LogP contribution in [0.25, 0.3) is 0 Å². The maximum atomic E-state index is 13.1. The van der Waals surface area contributed by atoms with E-state index in [2.05, 4.69) is 15.1 Å². The summed E-state index contributed by atoms with van der Waals surface area (Å²) in [5.74, 6) is -0.309. The summed E-state index contributed by atoms with van der Waals surface area (Å²) in [6, 6.07) is 14.0. The molecule has 4 rings (SSSR count). The quantitative estimate of drug-likeness (QED) is 0.676. The van der Waals surface area contributed by atoms with Crippen LogP contribution < -0.4 is 15.1 Å². The normalized spacial score (nSPS) is 18.5. The molecule has 2 aliphatic heterocycles. The number of amides is 2. The molecule has 1 fully saturated rings. The van der Waals surface area contributed by atoms with E-state index in [0.29, 0.717) is 19.4 Å². The Labute approximate surface area is 189 Å². The van der Waals surface area contributed by atoms with Crippen LogP contribution in [0.2, 0.25) is 0 Å². The topological polar surface area (TPSA) is 55.9 Å². The van der Waals surface area contributed by atoms with Crippen LogP contribution in [0.4, 0.5) is 15.8 Å². The Morgan fingerprint density at radius 1 is 1.03 bits per heavy atom. The molecule has 2 aromatic carbocycles. The SMILES string of the molecule is CCC(=O)N1c2ccccc2C[C@@H]1C(=O)NCCCN1CCN(c2ccc(F)cc2)CC1. The van der Waals surface area contributed by atoms with Gasteiger partial charge < -0.3 is 10.2 Å². The van der Waals surface area contributed by atoms with Crippen molar-refractivity contribution in [2.45, 2.75) is 32.2 Å². The number of hydrogen-bond acceptors (Lipinski definition) is 4. The lowest BCUT2D eigenvalue weighted by atomic mass is 10.1. The summed E-state index contributed by atoms with van der Waals surface area (Å²) < 4.78 is 13.1. The van der Waals surface area contributed by atoms with Crippen LogP contribution in [0.5, 0.6) is 0 Å². The summed E-state index contributed by atoms with van der Waals surface area (Å²) in [5, 5.41) is 3.04. The van der Waals surface area contributed by atoms with E-state index in [4.69, 9.17) is 0 Å². The average molecular weight is 439 g/mol. The molecule has 2 amide bonds. The van der Waals surface area contributed by atoms with Gasteiger partial charge in [-0.25, -0.2) is 4.39 Å². The highest BCUT2D eigenvalue weighted by Crippen LogP contribution is 2.32. The zero-order chi connectivity index (χ0) is 22.5. The molecule has 0 radical (unpaired) electrons. The van der Waals surface area contributed by atoms with Gasteiger partial charge in [0.05, 0.1) is 0 Å². The highest BCUT2D eigenvalue weighted by Gasteiger charge is 2.37. The maximum Gasteiger partial charge on any atom is 0.243 e. The Balaban J connectivity index is 1.21. The van der Waals surface area contributed by atoms with E-state index in [1.54, 1.807) is 4.90 Å². The molecule has 7 heteroatoms. The van der Waals surface area contributed by atoms with E-state index in [1.165, 1.54) is 12.1 Å². The Kier molecular flexibility index (Phi) is 7.05. The molecule has 32 heavy (non-hydrogen) atoms. The van der Waals surface area contributed by atoms with Gasteiger partial charge in [-0.3, -0.25) is 19.4 Å². The largest absolute Gasteiger partial charge is 0.369 e. The summed E-state index contributed by atoms with van der Waals surface area (Å²) in [5.41, 5.74) is 2.97.